The van der Waals surface area contributed by atoms with Gasteiger partial charge in [-0.25, -0.2) is 0 Å². The van der Waals surface area contributed by atoms with Crippen LogP contribution in [0.5, 0.6) is 0 Å². The standard InChI is InChI=1S/C11H10F6OS/c1-6(19)18-5-7-2-8(10(12,13)14)4-9(3-7)11(15,16)17/h2-4,6,19H,5H2,1H3/t6-/m0/s1. The molecule has 1 atom stereocenters. The fraction of sp³-hybridized carbons (Fsp3) is 0.455. The highest BCUT2D eigenvalue weighted by Gasteiger charge is 2.36. The number of rotatable bonds is 3. The summed E-state index contributed by atoms with van der Waals surface area (Å²) in [6.45, 7) is 1.12. The van der Waals surface area contributed by atoms with Gasteiger partial charge in [-0.15, -0.1) is 12.6 Å². The molecule has 1 aromatic carbocycles. The molecule has 8 heteroatoms. The van der Waals surface area contributed by atoms with Gasteiger partial charge in [0.25, 0.3) is 0 Å². The number of thiol groups is 1. The lowest BCUT2D eigenvalue weighted by Crippen LogP contribution is -2.12. The first kappa shape index (κ1) is 16.2. The summed E-state index contributed by atoms with van der Waals surface area (Å²) in [4.78, 5) is 0. The lowest BCUT2D eigenvalue weighted by atomic mass is 10.1. The Morgan fingerprint density at radius 3 is 1.74 bits per heavy atom. The van der Waals surface area contributed by atoms with E-state index in [1.807, 2.05) is 0 Å². The summed E-state index contributed by atoms with van der Waals surface area (Å²) in [5.74, 6) is 0. The van der Waals surface area contributed by atoms with Gasteiger partial charge in [-0.05, 0) is 30.7 Å². The molecule has 0 amide bonds. The van der Waals surface area contributed by atoms with Gasteiger partial charge in [0.2, 0.25) is 0 Å². The number of alkyl halides is 6. The summed E-state index contributed by atoms with van der Waals surface area (Å²) < 4.78 is 80.0. The van der Waals surface area contributed by atoms with Crippen molar-refractivity contribution in [2.45, 2.75) is 31.3 Å². The zero-order valence-corrected chi connectivity index (χ0v) is 10.5. The Balaban J connectivity index is 3.17. The number of hydrogen-bond acceptors (Lipinski definition) is 2. The van der Waals surface area contributed by atoms with Crippen LogP contribution in [0.15, 0.2) is 18.2 Å². The Bertz CT molecular complexity index is 406. The maximum atomic E-state index is 12.5. The largest absolute Gasteiger partial charge is 0.416 e. The molecule has 0 aliphatic rings. The van der Waals surface area contributed by atoms with Gasteiger partial charge >= 0.3 is 12.4 Å². The van der Waals surface area contributed by atoms with Crippen molar-refractivity contribution in [2.75, 3.05) is 0 Å². The summed E-state index contributed by atoms with van der Waals surface area (Å²) in [5.41, 5.74) is -3.51. The minimum Gasteiger partial charge on any atom is -0.363 e. The summed E-state index contributed by atoms with van der Waals surface area (Å²) in [6.07, 6.45) is -9.69. The fourth-order valence-electron chi connectivity index (χ4n) is 1.32. The number of benzene rings is 1. The molecule has 1 rings (SSSR count). The van der Waals surface area contributed by atoms with Crippen molar-refractivity contribution in [1.82, 2.24) is 0 Å². The van der Waals surface area contributed by atoms with E-state index < -0.39 is 28.9 Å². The fourth-order valence-corrected chi connectivity index (χ4v) is 1.39. The summed E-state index contributed by atoms with van der Waals surface area (Å²) in [5, 5.41) is 0. The molecule has 0 aromatic heterocycles. The molecule has 0 bridgehead atoms. The van der Waals surface area contributed by atoms with E-state index in [9.17, 15) is 26.3 Å². The van der Waals surface area contributed by atoms with E-state index in [0.717, 1.165) is 0 Å². The van der Waals surface area contributed by atoms with E-state index in [4.69, 9.17) is 4.74 Å². The molecule has 108 valence electrons. The lowest BCUT2D eigenvalue weighted by Gasteiger charge is -2.15. The summed E-state index contributed by atoms with van der Waals surface area (Å²) in [6, 6.07) is 1.34. The Kier molecular flexibility index (Phi) is 4.78. The van der Waals surface area contributed by atoms with Gasteiger partial charge in [0.05, 0.1) is 23.2 Å². The average molecular weight is 304 g/mol. The van der Waals surface area contributed by atoms with Gasteiger partial charge < -0.3 is 4.74 Å². The minimum atomic E-state index is -4.84. The van der Waals surface area contributed by atoms with Gasteiger partial charge in [0.1, 0.15) is 0 Å². The van der Waals surface area contributed by atoms with E-state index in [2.05, 4.69) is 12.6 Å². The van der Waals surface area contributed by atoms with E-state index >= 15 is 0 Å². The number of ether oxygens (including phenoxy) is 1. The maximum absolute atomic E-state index is 12.5. The predicted octanol–water partition coefficient (Wildman–Crippen LogP) is 4.52. The van der Waals surface area contributed by atoms with E-state index in [0.29, 0.717) is 12.1 Å². The maximum Gasteiger partial charge on any atom is 0.416 e. The van der Waals surface area contributed by atoms with Crippen molar-refractivity contribution in [3.05, 3.63) is 34.9 Å². The van der Waals surface area contributed by atoms with Gasteiger partial charge in [0, 0.05) is 0 Å². The Hall–Kier alpha value is -0.890. The van der Waals surface area contributed by atoms with Crippen LogP contribution in [0.25, 0.3) is 0 Å². The van der Waals surface area contributed by atoms with Crippen LogP contribution in [0.3, 0.4) is 0 Å². The van der Waals surface area contributed by atoms with Crippen molar-refractivity contribution in [1.29, 1.82) is 0 Å². The normalized spacial score (nSPS) is 14.5. The van der Waals surface area contributed by atoms with Gasteiger partial charge in [-0.3, -0.25) is 0 Å². The smallest absolute Gasteiger partial charge is 0.363 e. The van der Waals surface area contributed by atoms with Crippen LogP contribution in [0.2, 0.25) is 0 Å². The summed E-state index contributed by atoms with van der Waals surface area (Å²) in [7, 11) is 0. The molecule has 1 aromatic rings. The molecule has 0 unspecified atom stereocenters. The van der Waals surface area contributed by atoms with Gasteiger partial charge in [0.15, 0.2) is 0 Å². The van der Waals surface area contributed by atoms with Crippen molar-refractivity contribution in [3.8, 4) is 0 Å². The van der Waals surface area contributed by atoms with Crippen molar-refractivity contribution < 1.29 is 31.1 Å². The van der Waals surface area contributed by atoms with E-state index in [1.54, 1.807) is 0 Å². The van der Waals surface area contributed by atoms with Gasteiger partial charge in [-0.1, -0.05) is 0 Å². The Labute approximate surface area is 111 Å². The second kappa shape index (κ2) is 5.62. The van der Waals surface area contributed by atoms with Crippen LogP contribution in [0.1, 0.15) is 23.6 Å². The SMILES string of the molecule is C[C@H](S)OCc1cc(C(F)(F)F)cc(C(F)(F)F)c1. The molecule has 0 aliphatic carbocycles. The highest BCUT2D eigenvalue weighted by Crippen LogP contribution is 2.36. The molecule has 1 nitrogen and oxygen atoms in total. The second-order valence-corrected chi connectivity index (χ2v) is 4.55. The van der Waals surface area contributed by atoms with Crippen LogP contribution in [-0.4, -0.2) is 5.44 Å². The van der Waals surface area contributed by atoms with Crippen LogP contribution in [0, 0.1) is 0 Å². The van der Waals surface area contributed by atoms with Gasteiger partial charge in [-0.2, -0.15) is 26.3 Å². The topological polar surface area (TPSA) is 9.23 Å². The Morgan fingerprint density at radius 2 is 1.42 bits per heavy atom. The molecule has 0 N–H and O–H groups in total. The first-order valence-electron chi connectivity index (χ1n) is 5.08. The molecule has 0 fully saturated rings. The lowest BCUT2D eigenvalue weighted by molar-refractivity contribution is -0.143. The second-order valence-electron chi connectivity index (χ2n) is 3.82. The average Bonchev–Trinajstić information content (AvgIpc) is 2.23. The summed E-state index contributed by atoms with van der Waals surface area (Å²) >= 11 is 3.83. The van der Waals surface area contributed by atoms with Crippen molar-refractivity contribution >= 4 is 12.6 Å². The third-order valence-electron chi connectivity index (χ3n) is 2.14. The number of halogens is 6. The molecule has 19 heavy (non-hydrogen) atoms. The zero-order chi connectivity index (χ0) is 14.8. The molecular formula is C11H10F6OS. The van der Waals surface area contributed by atoms with Crippen molar-refractivity contribution in [2.24, 2.45) is 0 Å². The highest BCUT2D eigenvalue weighted by molar-refractivity contribution is 7.80. The molecule has 0 aliphatic heterocycles. The van der Waals surface area contributed by atoms with E-state index in [1.165, 1.54) is 6.92 Å². The molecule has 0 radical (unpaired) electrons. The third kappa shape index (κ3) is 4.94. The Morgan fingerprint density at radius 1 is 1.00 bits per heavy atom. The quantitative estimate of drug-likeness (QED) is 0.491. The first-order chi connectivity index (χ1) is 8.50. The molecule has 0 heterocycles. The molecule has 0 spiro atoms. The highest BCUT2D eigenvalue weighted by atomic mass is 32.1. The third-order valence-corrected chi connectivity index (χ3v) is 2.29. The van der Waals surface area contributed by atoms with Crippen LogP contribution in [-0.2, 0) is 23.7 Å². The van der Waals surface area contributed by atoms with Crippen molar-refractivity contribution in [3.63, 3.8) is 0 Å². The minimum absolute atomic E-state index is 0.0770. The van der Waals surface area contributed by atoms with E-state index in [-0.39, 0.29) is 18.2 Å². The zero-order valence-electron chi connectivity index (χ0n) is 9.64. The first-order valence-corrected chi connectivity index (χ1v) is 5.60. The monoisotopic (exact) mass is 304 g/mol. The molecular weight excluding hydrogens is 294 g/mol. The molecule has 0 saturated carbocycles. The number of hydrogen-bond donors (Lipinski definition) is 1. The molecule has 0 saturated heterocycles. The van der Waals surface area contributed by atoms with Crippen LogP contribution < -0.4 is 0 Å². The predicted molar refractivity (Wildman–Crippen MR) is 59.7 cm³/mol. The van der Waals surface area contributed by atoms with Crippen LogP contribution >= 0.6 is 12.6 Å². The van der Waals surface area contributed by atoms with Crippen LogP contribution in [0.4, 0.5) is 26.3 Å².